The number of fused-ring (bicyclic) bond motifs is 1. The molecule has 74 valence electrons. The molecule has 0 aliphatic carbocycles. The fraction of sp³-hybridized carbons (Fsp3) is 0.273. The quantitative estimate of drug-likeness (QED) is 0.772. The minimum Gasteiger partial charge on any atom is -0.459 e. The Labute approximate surface area is 87.4 Å². The van der Waals surface area contributed by atoms with Crippen molar-refractivity contribution in [3.63, 3.8) is 0 Å². The summed E-state index contributed by atoms with van der Waals surface area (Å²) < 4.78 is 10.8. The third-order valence-corrected chi connectivity index (χ3v) is 2.22. The summed E-state index contributed by atoms with van der Waals surface area (Å²) in [5.41, 5.74) is 0.812. The molecule has 2 nitrogen and oxygen atoms in total. The van der Waals surface area contributed by atoms with Crippen molar-refractivity contribution < 1.29 is 9.15 Å². The average Bonchev–Trinajstić information content (AvgIpc) is 2.56. The Bertz CT molecular complexity index is 434. The highest BCUT2D eigenvalue weighted by molar-refractivity contribution is 6.31. The second kappa shape index (κ2) is 4.03. The summed E-state index contributed by atoms with van der Waals surface area (Å²) in [6.07, 6.45) is 0. The molecule has 0 atom stereocenters. The predicted octanol–water partition coefficient (Wildman–Crippen LogP) is 3.62. The Morgan fingerprint density at radius 2 is 2.21 bits per heavy atom. The minimum atomic E-state index is 0.517. The molecule has 0 N–H and O–H groups in total. The van der Waals surface area contributed by atoms with Crippen molar-refractivity contribution >= 4 is 22.6 Å². The van der Waals surface area contributed by atoms with E-state index in [2.05, 4.69) is 0 Å². The van der Waals surface area contributed by atoms with Gasteiger partial charge in [0, 0.05) is 23.1 Å². The molecular formula is C11H11ClO2. The fourth-order valence-corrected chi connectivity index (χ4v) is 1.50. The standard InChI is InChI=1S/C11H11ClO2/c1-2-13-7-10-5-8-3-4-9(12)6-11(8)14-10/h3-6H,2,7H2,1H3. The summed E-state index contributed by atoms with van der Waals surface area (Å²) in [7, 11) is 0. The SMILES string of the molecule is CCOCc1cc2ccc(Cl)cc2o1. The maximum absolute atomic E-state index is 5.84. The van der Waals surface area contributed by atoms with Crippen molar-refractivity contribution in [1.29, 1.82) is 0 Å². The number of benzene rings is 1. The number of ether oxygens (including phenoxy) is 1. The molecule has 0 amide bonds. The van der Waals surface area contributed by atoms with E-state index in [9.17, 15) is 0 Å². The van der Waals surface area contributed by atoms with Gasteiger partial charge in [-0.05, 0) is 25.1 Å². The van der Waals surface area contributed by atoms with Gasteiger partial charge in [0.05, 0.1) is 0 Å². The molecule has 1 aromatic heterocycles. The van der Waals surface area contributed by atoms with E-state index in [4.69, 9.17) is 20.8 Å². The van der Waals surface area contributed by atoms with Gasteiger partial charge in [0.15, 0.2) is 0 Å². The summed E-state index contributed by atoms with van der Waals surface area (Å²) >= 11 is 5.84. The average molecular weight is 211 g/mol. The van der Waals surface area contributed by atoms with Crippen molar-refractivity contribution in [3.8, 4) is 0 Å². The molecule has 0 unspecified atom stereocenters. The largest absolute Gasteiger partial charge is 0.459 e. The van der Waals surface area contributed by atoms with Crippen LogP contribution in [0.4, 0.5) is 0 Å². The molecule has 0 fully saturated rings. The first-order valence-electron chi connectivity index (χ1n) is 4.55. The topological polar surface area (TPSA) is 22.4 Å². The van der Waals surface area contributed by atoms with E-state index in [1.165, 1.54) is 0 Å². The summed E-state index contributed by atoms with van der Waals surface area (Å²) in [6, 6.07) is 7.58. The zero-order valence-corrected chi connectivity index (χ0v) is 8.67. The van der Waals surface area contributed by atoms with E-state index in [1.807, 2.05) is 31.2 Å². The second-order valence-electron chi connectivity index (χ2n) is 3.03. The molecule has 0 saturated carbocycles. The lowest BCUT2D eigenvalue weighted by Gasteiger charge is -1.94. The van der Waals surface area contributed by atoms with Crippen molar-refractivity contribution in [3.05, 3.63) is 35.0 Å². The monoisotopic (exact) mass is 210 g/mol. The van der Waals surface area contributed by atoms with Crippen LogP contribution in [0.15, 0.2) is 28.7 Å². The van der Waals surface area contributed by atoms with Gasteiger partial charge in [-0.15, -0.1) is 0 Å². The molecule has 1 heterocycles. The van der Waals surface area contributed by atoms with Gasteiger partial charge in [0.2, 0.25) is 0 Å². The number of rotatable bonds is 3. The van der Waals surface area contributed by atoms with Crippen LogP contribution in [-0.4, -0.2) is 6.61 Å². The van der Waals surface area contributed by atoms with Crippen molar-refractivity contribution in [2.24, 2.45) is 0 Å². The van der Waals surface area contributed by atoms with Crippen molar-refractivity contribution in [2.75, 3.05) is 6.61 Å². The summed E-state index contributed by atoms with van der Waals surface area (Å²) in [4.78, 5) is 0. The second-order valence-corrected chi connectivity index (χ2v) is 3.47. The van der Waals surface area contributed by atoms with E-state index >= 15 is 0 Å². The molecule has 0 radical (unpaired) electrons. The molecule has 0 saturated heterocycles. The van der Waals surface area contributed by atoms with E-state index in [1.54, 1.807) is 0 Å². The fourth-order valence-electron chi connectivity index (χ4n) is 1.33. The Kier molecular flexibility index (Phi) is 2.75. The first kappa shape index (κ1) is 9.56. The molecule has 2 rings (SSSR count). The van der Waals surface area contributed by atoms with Crippen LogP contribution in [0.3, 0.4) is 0 Å². The summed E-state index contributed by atoms with van der Waals surface area (Å²) in [5, 5.41) is 1.75. The van der Waals surface area contributed by atoms with Crippen molar-refractivity contribution in [2.45, 2.75) is 13.5 Å². The number of halogens is 1. The first-order chi connectivity index (χ1) is 6.79. The highest BCUT2D eigenvalue weighted by Crippen LogP contribution is 2.23. The summed E-state index contributed by atoms with van der Waals surface area (Å²) in [5.74, 6) is 0.837. The number of furan rings is 1. The van der Waals surface area contributed by atoms with Crippen LogP contribution >= 0.6 is 11.6 Å². The van der Waals surface area contributed by atoms with Crippen molar-refractivity contribution in [1.82, 2.24) is 0 Å². The van der Waals surface area contributed by atoms with Gasteiger partial charge in [-0.25, -0.2) is 0 Å². The third kappa shape index (κ3) is 1.91. The Balaban J connectivity index is 2.32. The molecule has 0 bridgehead atoms. The third-order valence-electron chi connectivity index (χ3n) is 1.98. The lowest BCUT2D eigenvalue weighted by molar-refractivity contribution is 0.119. The van der Waals surface area contributed by atoms with E-state index in [0.29, 0.717) is 18.2 Å². The van der Waals surface area contributed by atoms with Gasteiger partial charge in [0.1, 0.15) is 18.0 Å². The van der Waals surface area contributed by atoms with Crippen LogP contribution in [0.1, 0.15) is 12.7 Å². The molecule has 1 aromatic carbocycles. The smallest absolute Gasteiger partial charge is 0.135 e. The number of hydrogen-bond acceptors (Lipinski definition) is 2. The van der Waals surface area contributed by atoms with Gasteiger partial charge in [-0.1, -0.05) is 11.6 Å². The Morgan fingerprint density at radius 3 is 3.00 bits per heavy atom. The van der Waals surface area contributed by atoms with E-state index in [-0.39, 0.29) is 0 Å². The van der Waals surface area contributed by atoms with E-state index < -0.39 is 0 Å². The lowest BCUT2D eigenvalue weighted by Crippen LogP contribution is -1.88. The highest BCUT2D eigenvalue weighted by atomic mass is 35.5. The maximum atomic E-state index is 5.84. The minimum absolute atomic E-state index is 0.517. The number of hydrogen-bond donors (Lipinski definition) is 0. The van der Waals surface area contributed by atoms with Crippen LogP contribution in [0.25, 0.3) is 11.0 Å². The summed E-state index contributed by atoms with van der Waals surface area (Å²) in [6.45, 7) is 3.17. The zero-order chi connectivity index (χ0) is 9.97. The van der Waals surface area contributed by atoms with Gasteiger partial charge in [-0.3, -0.25) is 0 Å². The molecule has 0 aliphatic heterocycles. The molecule has 0 aliphatic rings. The van der Waals surface area contributed by atoms with Gasteiger partial charge in [0.25, 0.3) is 0 Å². The van der Waals surface area contributed by atoms with Gasteiger partial charge in [-0.2, -0.15) is 0 Å². The Morgan fingerprint density at radius 1 is 1.36 bits per heavy atom. The highest BCUT2D eigenvalue weighted by Gasteiger charge is 2.03. The molecule has 14 heavy (non-hydrogen) atoms. The normalized spacial score (nSPS) is 11.0. The lowest BCUT2D eigenvalue weighted by atomic mass is 10.2. The van der Waals surface area contributed by atoms with Crippen LogP contribution in [0.5, 0.6) is 0 Å². The Hall–Kier alpha value is -0.990. The van der Waals surface area contributed by atoms with Crippen LogP contribution < -0.4 is 0 Å². The molecule has 2 aromatic rings. The van der Waals surface area contributed by atoms with Crippen LogP contribution in [0, 0.1) is 0 Å². The van der Waals surface area contributed by atoms with Crippen LogP contribution in [-0.2, 0) is 11.3 Å². The maximum Gasteiger partial charge on any atom is 0.135 e. The van der Waals surface area contributed by atoms with Crippen LogP contribution in [0.2, 0.25) is 5.02 Å². The molecule has 0 spiro atoms. The molecular weight excluding hydrogens is 200 g/mol. The van der Waals surface area contributed by atoms with Gasteiger partial charge < -0.3 is 9.15 Å². The predicted molar refractivity (Wildman–Crippen MR) is 56.6 cm³/mol. The van der Waals surface area contributed by atoms with E-state index in [0.717, 1.165) is 16.7 Å². The first-order valence-corrected chi connectivity index (χ1v) is 4.93. The molecule has 3 heteroatoms. The zero-order valence-electron chi connectivity index (χ0n) is 7.92. The van der Waals surface area contributed by atoms with Gasteiger partial charge >= 0.3 is 0 Å².